The highest BCUT2D eigenvalue weighted by molar-refractivity contribution is 7.92. The van der Waals surface area contributed by atoms with Gasteiger partial charge >= 0.3 is 0 Å². The third-order valence-corrected chi connectivity index (χ3v) is 8.20. The first-order chi connectivity index (χ1) is 17.5. The highest BCUT2D eigenvalue weighted by Crippen LogP contribution is 2.40. The van der Waals surface area contributed by atoms with Crippen LogP contribution in [0.25, 0.3) is 0 Å². The van der Waals surface area contributed by atoms with Gasteiger partial charge in [-0.25, -0.2) is 8.42 Å². The Bertz CT molecular complexity index is 1380. The minimum atomic E-state index is -3.95. The summed E-state index contributed by atoms with van der Waals surface area (Å²) < 4.78 is 40.4. The van der Waals surface area contributed by atoms with Crippen LogP contribution in [0.4, 0.5) is 5.69 Å². The third-order valence-electron chi connectivity index (χ3n) is 6.09. The summed E-state index contributed by atoms with van der Waals surface area (Å²) in [5.41, 5.74) is 2.12. The Kier molecular flexibility index (Phi) is 7.71. The third kappa shape index (κ3) is 6.02. The van der Waals surface area contributed by atoms with E-state index < -0.39 is 22.0 Å². The maximum absolute atomic E-state index is 13.7. The van der Waals surface area contributed by atoms with Crippen molar-refractivity contribution < 1.29 is 22.7 Å². The number of carbonyl (C=O) groups excluding carboxylic acids is 1. The van der Waals surface area contributed by atoms with Crippen molar-refractivity contribution in [1.29, 1.82) is 0 Å². The van der Waals surface area contributed by atoms with Crippen LogP contribution in [-0.4, -0.2) is 40.1 Å². The van der Waals surface area contributed by atoms with Crippen molar-refractivity contribution in [2.24, 2.45) is 0 Å². The number of halogens is 1. The molecule has 1 aliphatic rings. The number of hydrogen-bond donors (Lipinski definition) is 1. The smallest absolute Gasteiger partial charge is 0.264 e. The molecule has 0 aliphatic carbocycles. The van der Waals surface area contributed by atoms with Crippen molar-refractivity contribution in [1.82, 2.24) is 5.32 Å². The Morgan fingerprint density at radius 2 is 1.81 bits per heavy atom. The van der Waals surface area contributed by atoms with E-state index in [-0.39, 0.29) is 30.0 Å². The van der Waals surface area contributed by atoms with Gasteiger partial charge in [0.25, 0.3) is 15.9 Å². The predicted molar refractivity (Wildman–Crippen MR) is 145 cm³/mol. The van der Waals surface area contributed by atoms with E-state index in [1.807, 2.05) is 19.1 Å². The molecule has 0 bridgehead atoms. The van der Waals surface area contributed by atoms with Gasteiger partial charge in [0.1, 0.15) is 18.1 Å². The molecule has 3 aromatic rings. The van der Waals surface area contributed by atoms with E-state index in [1.54, 1.807) is 54.6 Å². The van der Waals surface area contributed by atoms with Crippen LogP contribution >= 0.6 is 11.6 Å². The fraction of sp³-hybridized carbons (Fsp3) is 0.321. The lowest BCUT2D eigenvalue weighted by molar-refractivity contribution is -0.127. The molecule has 1 atom stereocenters. The Morgan fingerprint density at radius 1 is 1.11 bits per heavy atom. The normalized spacial score (nSPS) is 15.5. The number of hydrogen-bond acceptors (Lipinski definition) is 5. The van der Waals surface area contributed by atoms with Gasteiger partial charge in [0, 0.05) is 0 Å². The highest BCUT2D eigenvalue weighted by atomic mass is 35.5. The van der Waals surface area contributed by atoms with E-state index >= 15 is 0 Å². The van der Waals surface area contributed by atoms with Gasteiger partial charge in [0.15, 0.2) is 6.10 Å². The van der Waals surface area contributed by atoms with E-state index in [0.717, 1.165) is 11.1 Å². The molecule has 1 N–H and O–H groups in total. The second-order valence-corrected chi connectivity index (χ2v) is 12.2. The molecule has 0 spiro atoms. The molecule has 0 radical (unpaired) electrons. The first-order valence-electron chi connectivity index (χ1n) is 12.0. The molecule has 0 fully saturated rings. The van der Waals surface area contributed by atoms with Gasteiger partial charge in [-0.2, -0.15) is 0 Å². The predicted octanol–water partition coefficient (Wildman–Crippen LogP) is 5.10. The summed E-state index contributed by atoms with van der Waals surface area (Å²) in [5, 5.41) is 3.25. The molecule has 7 nitrogen and oxygen atoms in total. The zero-order chi connectivity index (χ0) is 26.8. The van der Waals surface area contributed by atoms with Gasteiger partial charge in [-0.1, -0.05) is 68.3 Å². The topological polar surface area (TPSA) is 84.9 Å². The molecular weight excluding hydrogens is 512 g/mol. The van der Waals surface area contributed by atoms with Gasteiger partial charge in [-0.3, -0.25) is 9.10 Å². The molecule has 0 saturated heterocycles. The number of sulfonamides is 1. The number of fused-ring (bicyclic) bond motifs is 1. The lowest BCUT2D eigenvalue weighted by atomic mass is 9.86. The molecule has 1 aliphatic heterocycles. The summed E-state index contributed by atoms with van der Waals surface area (Å²) in [4.78, 5) is 13.2. The second-order valence-electron chi connectivity index (χ2n) is 9.96. The van der Waals surface area contributed by atoms with E-state index in [0.29, 0.717) is 22.2 Å². The summed E-state index contributed by atoms with van der Waals surface area (Å²) in [7, 11) is -3.95. The largest absolute Gasteiger partial charge is 0.490 e. The second kappa shape index (κ2) is 10.6. The van der Waals surface area contributed by atoms with Crippen LogP contribution in [0.15, 0.2) is 71.6 Å². The molecule has 0 aromatic heterocycles. The summed E-state index contributed by atoms with van der Waals surface area (Å²) >= 11 is 6.10. The number of rotatable bonds is 7. The SMILES string of the molecule is Cc1ccc(S(=O)(=O)N2C[C@H](C(=O)NCCOc3ccccc3Cl)Oc3ccc(C(C)(C)C)cc32)cc1. The number of ether oxygens (including phenoxy) is 2. The maximum atomic E-state index is 13.7. The van der Waals surface area contributed by atoms with E-state index in [9.17, 15) is 13.2 Å². The van der Waals surface area contributed by atoms with Crippen molar-refractivity contribution in [3.63, 3.8) is 0 Å². The lowest BCUT2D eigenvalue weighted by Gasteiger charge is -2.36. The summed E-state index contributed by atoms with van der Waals surface area (Å²) in [5.74, 6) is 0.422. The first-order valence-corrected chi connectivity index (χ1v) is 13.8. The minimum absolute atomic E-state index is 0.152. The zero-order valence-electron chi connectivity index (χ0n) is 21.3. The number of carbonyl (C=O) groups is 1. The number of benzene rings is 3. The Hall–Kier alpha value is -3.23. The summed E-state index contributed by atoms with van der Waals surface area (Å²) in [6.45, 7) is 8.29. The van der Waals surface area contributed by atoms with Crippen LogP contribution < -0.4 is 19.1 Å². The average molecular weight is 543 g/mol. The van der Waals surface area contributed by atoms with Crippen LogP contribution in [0.2, 0.25) is 5.02 Å². The number of anilines is 1. The van der Waals surface area contributed by atoms with Gasteiger partial charge in [0.2, 0.25) is 0 Å². The number of aryl methyl sites for hydroxylation is 1. The van der Waals surface area contributed by atoms with E-state index in [1.165, 1.54) is 4.31 Å². The van der Waals surface area contributed by atoms with Gasteiger partial charge in [-0.05, 0) is 54.3 Å². The van der Waals surface area contributed by atoms with Gasteiger partial charge in [-0.15, -0.1) is 0 Å². The molecule has 4 rings (SSSR count). The summed E-state index contributed by atoms with van der Waals surface area (Å²) in [6.07, 6.45) is -1.03. The fourth-order valence-electron chi connectivity index (χ4n) is 3.93. The Balaban J connectivity index is 1.56. The molecule has 9 heteroatoms. The average Bonchev–Trinajstić information content (AvgIpc) is 2.86. The van der Waals surface area contributed by atoms with Crippen molar-refractivity contribution in [3.8, 4) is 11.5 Å². The maximum Gasteiger partial charge on any atom is 0.264 e. The Labute approximate surface area is 223 Å². The molecule has 1 amide bonds. The molecular formula is C28H31ClN2O5S. The lowest BCUT2D eigenvalue weighted by Crippen LogP contribution is -2.51. The van der Waals surface area contributed by atoms with Gasteiger partial charge < -0.3 is 14.8 Å². The fourth-order valence-corrected chi connectivity index (χ4v) is 5.59. The molecule has 37 heavy (non-hydrogen) atoms. The van der Waals surface area contributed by atoms with E-state index in [2.05, 4.69) is 26.1 Å². The van der Waals surface area contributed by atoms with Crippen molar-refractivity contribution >= 4 is 33.2 Å². The number of nitrogens with zero attached hydrogens (tertiary/aromatic N) is 1. The van der Waals surface area contributed by atoms with Crippen LogP contribution in [0.5, 0.6) is 11.5 Å². The molecule has 0 unspecified atom stereocenters. The van der Waals surface area contributed by atoms with Gasteiger partial charge in [0.05, 0.1) is 28.7 Å². The number of para-hydroxylation sites is 1. The standard InChI is InChI=1S/C28H31ClN2O5S/c1-19-9-12-21(13-10-19)37(33,34)31-18-26(36-25-14-11-20(17-23(25)31)28(2,3)4)27(32)30-15-16-35-24-8-6-5-7-22(24)29/h5-14,17,26H,15-16,18H2,1-4H3,(H,30,32)/t26-/m1/s1. The van der Waals surface area contributed by atoms with Crippen LogP contribution in [0, 0.1) is 6.92 Å². The van der Waals surface area contributed by atoms with Crippen molar-refractivity contribution in [2.75, 3.05) is 24.0 Å². The minimum Gasteiger partial charge on any atom is -0.490 e. The monoisotopic (exact) mass is 542 g/mol. The van der Waals surface area contributed by atoms with Crippen molar-refractivity contribution in [3.05, 3.63) is 82.9 Å². The van der Waals surface area contributed by atoms with Crippen LogP contribution in [0.3, 0.4) is 0 Å². The molecule has 0 saturated carbocycles. The quantitative estimate of drug-likeness (QED) is 0.420. The van der Waals surface area contributed by atoms with E-state index in [4.69, 9.17) is 21.1 Å². The number of amides is 1. The van der Waals surface area contributed by atoms with Crippen molar-refractivity contribution in [2.45, 2.75) is 44.1 Å². The number of nitrogens with one attached hydrogen (secondary N) is 1. The molecule has 1 heterocycles. The zero-order valence-corrected chi connectivity index (χ0v) is 22.9. The molecule has 196 valence electrons. The Morgan fingerprint density at radius 3 is 2.49 bits per heavy atom. The molecule has 3 aromatic carbocycles. The summed E-state index contributed by atoms with van der Waals surface area (Å²) in [6, 6.07) is 19.2. The highest BCUT2D eigenvalue weighted by Gasteiger charge is 2.38. The van der Waals surface area contributed by atoms with Crippen LogP contribution in [-0.2, 0) is 20.2 Å². The van der Waals surface area contributed by atoms with Crippen LogP contribution in [0.1, 0.15) is 31.9 Å². The first kappa shape index (κ1) is 26.8.